The van der Waals surface area contributed by atoms with E-state index >= 15 is 0 Å². The van der Waals surface area contributed by atoms with Crippen molar-refractivity contribution in [2.45, 2.75) is 175 Å². The Hall–Kier alpha value is -2.23. The van der Waals surface area contributed by atoms with Gasteiger partial charge in [-0.15, -0.1) is 0 Å². The highest BCUT2D eigenvalue weighted by Crippen LogP contribution is 2.28. The summed E-state index contributed by atoms with van der Waals surface area (Å²) in [5, 5.41) is 8.87. The lowest BCUT2D eigenvalue weighted by Crippen LogP contribution is -2.51. The predicted molar refractivity (Wildman–Crippen MR) is 174 cm³/mol. The molecule has 0 aliphatic heterocycles. The average Bonchev–Trinajstić information content (AvgIpc) is 2.82. The van der Waals surface area contributed by atoms with Crippen LogP contribution in [0.25, 0.3) is 0 Å². The molecule has 10 heteroatoms. The number of nitrogens with one attached hydrogen (secondary N) is 3. The standard InChI is InChI=1S/C33H66N4O6/c1-30(2,3)41-27(38)35-25-19-22-33(37-29(40)43-32(7,8)9,23-20-26-36-28(39)42-31(4,5)6)21-17-15-13-11-10-12-14-16-18-24-34/h10-26,34H2,1-9H3,(H,35,38)(H,36,39)(H,37,40). The van der Waals surface area contributed by atoms with Crippen LogP contribution in [0.4, 0.5) is 14.4 Å². The number of hydrogen-bond acceptors (Lipinski definition) is 7. The number of unbranched alkanes of at least 4 members (excludes halogenated alkanes) is 8. The molecule has 0 aromatic heterocycles. The summed E-state index contributed by atoms with van der Waals surface area (Å²) in [6, 6.07) is 0. The molecule has 0 aliphatic carbocycles. The number of hydrogen-bond donors (Lipinski definition) is 4. The fourth-order valence-electron chi connectivity index (χ4n) is 4.79. The lowest BCUT2D eigenvalue weighted by molar-refractivity contribution is 0.0413. The highest BCUT2D eigenvalue weighted by molar-refractivity contribution is 5.69. The summed E-state index contributed by atoms with van der Waals surface area (Å²) < 4.78 is 16.4. The maximum atomic E-state index is 13.0. The van der Waals surface area contributed by atoms with Crippen LogP contribution in [-0.2, 0) is 14.2 Å². The van der Waals surface area contributed by atoms with Gasteiger partial charge in [-0.2, -0.15) is 0 Å². The van der Waals surface area contributed by atoms with Crippen LogP contribution in [0.5, 0.6) is 0 Å². The van der Waals surface area contributed by atoms with Gasteiger partial charge in [0.05, 0.1) is 0 Å². The summed E-state index contributed by atoms with van der Waals surface area (Å²) >= 11 is 0. The lowest BCUT2D eigenvalue weighted by atomic mass is 9.83. The zero-order chi connectivity index (χ0) is 33.0. The molecule has 0 unspecified atom stereocenters. The quantitative estimate of drug-likeness (QED) is 0.0812. The van der Waals surface area contributed by atoms with Gasteiger partial charge in [0.25, 0.3) is 0 Å². The van der Waals surface area contributed by atoms with E-state index in [2.05, 4.69) is 16.0 Å². The Morgan fingerprint density at radius 3 is 1.19 bits per heavy atom. The van der Waals surface area contributed by atoms with Gasteiger partial charge in [-0.3, -0.25) is 0 Å². The van der Waals surface area contributed by atoms with E-state index in [9.17, 15) is 14.4 Å². The smallest absolute Gasteiger partial charge is 0.408 e. The number of carbonyl (C=O) groups is 3. The molecule has 10 nitrogen and oxygen atoms in total. The zero-order valence-corrected chi connectivity index (χ0v) is 29.0. The second-order valence-corrected chi connectivity index (χ2v) is 14.7. The first-order chi connectivity index (χ1) is 19.9. The summed E-state index contributed by atoms with van der Waals surface area (Å²) in [6.45, 7) is 18.1. The molecule has 0 heterocycles. The van der Waals surface area contributed by atoms with Gasteiger partial charge in [0, 0.05) is 18.6 Å². The van der Waals surface area contributed by atoms with E-state index in [0.29, 0.717) is 38.8 Å². The number of amides is 3. The molecule has 0 rings (SSSR count). The van der Waals surface area contributed by atoms with Gasteiger partial charge in [0.1, 0.15) is 16.8 Å². The lowest BCUT2D eigenvalue weighted by Gasteiger charge is -2.36. The minimum atomic E-state index is -0.628. The van der Waals surface area contributed by atoms with Gasteiger partial charge in [0.2, 0.25) is 0 Å². The topological polar surface area (TPSA) is 141 Å². The largest absolute Gasteiger partial charge is 0.444 e. The second kappa shape index (κ2) is 20.7. The van der Waals surface area contributed by atoms with Crippen LogP contribution in [0.2, 0.25) is 0 Å². The van der Waals surface area contributed by atoms with Gasteiger partial charge in [0.15, 0.2) is 0 Å². The van der Waals surface area contributed by atoms with E-state index in [4.69, 9.17) is 19.9 Å². The zero-order valence-electron chi connectivity index (χ0n) is 29.0. The van der Waals surface area contributed by atoms with Crippen LogP contribution < -0.4 is 21.7 Å². The molecule has 0 aromatic rings. The van der Waals surface area contributed by atoms with Crippen LogP contribution in [0.15, 0.2) is 0 Å². The maximum Gasteiger partial charge on any atom is 0.408 e. The fourth-order valence-corrected chi connectivity index (χ4v) is 4.79. The first-order valence-corrected chi connectivity index (χ1v) is 16.5. The van der Waals surface area contributed by atoms with Crippen molar-refractivity contribution in [1.82, 2.24) is 16.0 Å². The molecule has 0 fully saturated rings. The normalized spacial score (nSPS) is 12.4. The van der Waals surface area contributed by atoms with Crippen molar-refractivity contribution in [3.63, 3.8) is 0 Å². The Morgan fingerprint density at radius 1 is 0.488 bits per heavy atom. The highest BCUT2D eigenvalue weighted by atomic mass is 16.6. The number of ether oxygens (including phenoxy) is 3. The minimum Gasteiger partial charge on any atom is -0.444 e. The van der Waals surface area contributed by atoms with Crippen molar-refractivity contribution >= 4 is 18.3 Å². The Balaban J connectivity index is 5.35. The Morgan fingerprint density at radius 2 is 0.814 bits per heavy atom. The monoisotopic (exact) mass is 614 g/mol. The van der Waals surface area contributed by atoms with Gasteiger partial charge >= 0.3 is 18.3 Å². The van der Waals surface area contributed by atoms with Gasteiger partial charge in [-0.25, -0.2) is 14.4 Å². The third kappa shape index (κ3) is 25.9. The molecule has 43 heavy (non-hydrogen) atoms. The Kier molecular flexibility index (Phi) is 19.6. The molecule has 0 saturated carbocycles. The molecule has 0 saturated heterocycles. The van der Waals surface area contributed by atoms with Gasteiger partial charge in [-0.1, -0.05) is 51.4 Å². The minimum absolute atomic E-state index is 0.424. The molecule has 254 valence electrons. The molecule has 0 bridgehead atoms. The Labute approximate surface area is 262 Å². The molecule has 3 amide bonds. The molecule has 5 N–H and O–H groups in total. The van der Waals surface area contributed by atoms with Crippen LogP contribution in [-0.4, -0.2) is 60.3 Å². The average molecular weight is 615 g/mol. The van der Waals surface area contributed by atoms with Gasteiger partial charge < -0.3 is 35.9 Å². The molecular weight excluding hydrogens is 548 g/mol. The molecule has 0 radical (unpaired) electrons. The highest BCUT2D eigenvalue weighted by Gasteiger charge is 2.33. The van der Waals surface area contributed by atoms with E-state index < -0.39 is 40.6 Å². The number of alkyl carbamates (subject to hydrolysis) is 3. The number of rotatable bonds is 20. The SMILES string of the molecule is CC(C)(C)OC(=O)NCCCC(CCCCCCCCCCCN)(CCCNC(=O)OC(C)(C)C)NC(=O)OC(C)(C)C. The van der Waals surface area contributed by atoms with Crippen LogP contribution in [0.1, 0.15) is 152 Å². The molecule has 0 atom stereocenters. The van der Waals surface area contributed by atoms with Crippen molar-refractivity contribution in [2.75, 3.05) is 19.6 Å². The van der Waals surface area contributed by atoms with Crippen molar-refractivity contribution in [2.24, 2.45) is 5.73 Å². The maximum absolute atomic E-state index is 13.0. The van der Waals surface area contributed by atoms with Crippen molar-refractivity contribution < 1.29 is 28.6 Å². The number of carbonyl (C=O) groups excluding carboxylic acids is 3. The first kappa shape index (κ1) is 40.8. The third-order valence-corrected chi connectivity index (χ3v) is 6.63. The third-order valence-electron chi connectivity index (χ3n) is 6.63. The molecule has 0 aliphatic rings. The summed E-state index contributed by atoms with van der Waals surface area (Å²) in [5.41, 5.74) is 3.27. The van der Waals surface area contributed by atoms with E-state index in [1.807, 2.05) is 62.3 Å². The summed E-state index contributed by atoms with van der Waals surface area (Å²) in [7, 11) is 0. The second-order valence-electron chi connectivity index (χ2n) is 14.7. The number of nitrogens with two attached hydrogens (primary N) is 1. The molecular formula is C33H66N4O6. The fraction of sp³-hybridized carbons (Fsp3) is 0.909. The summed E-state index contributed by atoms with van der Waals surface area (Å²) in [6.07, 6.45) is 12.4. The van der Waals surface area contributed by atoms with Crippen molar-refractivity contribution in [3.8, 4) is 0 Å². The van der Waals surface area contributed by atoms with Gasteiger partial charge in [-0.05, 0) is 107 Å². The van der Waals surface area contributed by atoms with Crippen molar-refractivity contribution in [3.05, 3.63) is 0 Å². The van der Waals surface area contributed by atoms with Crippen LogP contribution in [0.3, 0.4) is 0 Å². The van der Waals surface area contributed by atoms with Crippen LogP contribution >= 0.6 is 0 Å². The van der Waals surface area contributed by atoms with E-state index in [1.54, 1.807) is 0 Å². The molecule has 0 aromatic carbocycles. The first-order valence-electron chi connectivity index (χ1n) is 16.5. The van der Waals surface area contributed by atoms with Crippen molar-refractivity contribution in [1.29, 1.82) is 0 Å². The summed E-state index contributed by atoms with van der Waals surface area (Å²) in [5.74, 6) is 0. The Bertz CT molecular complexity index is 748. The molecule has 0 spiro atoms. The summed E-state index contributed by atoms with van der Waals surface area (Å²) in [4.78, 5) is 37.4. The van der Waals surface area contributed by atoms with E-state index in [-0.39, 0.29) is 0 Å². The van der Waals surface area contributed by atoms with E-state index in [1.165, 1.54) is 32.1 Å². The predicted octanol–water partition coefficient (Wildman–Crippen LogP) is 7.72. The van der Waals surface area contributed by atoms with Crippen LogP contribution in [0, 0.1) is 0 Å². The van der Waals surface area contributed by atoms with E-state index in [0.717, 1.165) is 38.6 Å².